The SMILES string of the molecule is CCn1nc(C)cc1C(=O)Nc1c(N)cc(F)cc1F. The molecule has 0 aliphatic heterocycles. The van der Waals surface area contributed by atoms with E-state index in [1.54, 1.807) is 13.0 Å². The van der Waals surface area contributed by atoms with Gasteiger partial charge < -0.3 is 11.1 Å². The van der Waals surface area contributed by atoms with Gasteiger partial charge in [0.15, 0.2) is 5.82 Å². The first-order valence-corrected chi connectivity index (χ1v) is 6.02. The Hall–Kier alpha value is -2.44. The maximum Gasteiger partial charge on any atom is 0.274 e. The maximum absolute atomic E-state index is 13.6. The van der Waals surface area contributed by atoms with Crippen molar-refractivity contribution in [1.29, 1.82) is 0 Å². The van der Waals surface area contributed by atoms with Crippen LogP contribution in [0.2, 0.25) is 0 Å². The zero-order valence-electron chi connectivity index (χ0n) is 11.1. The summed E-state index contributed by atoms with van der Waals surface area (Å²) in [6.07, 6.45) is 0. The van der Waals surface area contributed by atoms with Gasteiger partial charge in [-0.15, -0.1) is 0 Å². The second-order valence-electron chi connectivity index (χ2n) is 4.29. The van der Waals surface area contributed by atoms with Crippen molar-refractivity contribution in [3.8, 4) is 0 Å². The zero-order valence-corrected chi connectivity index (χ0v) is 11.1. The minimum absolute atomic E-state index is 0.171. The summed E-state index contributed by atoms with van der Waals surface area (Å²) in [4.78, 5) is 12.1. The van der Waals surface area contributed by atoms with Gasteiger partial charge in [0.05, 0.1) is 11.4 Å². The summed E-state index contributed by atoms with van der Waals surface area (Å²) < 4.78 is 28.1. The first kappa shape index (κ1) is 14.0. The van der Waals surface area contributed by atoms with E-state index in [-0.39, 0.29) is 17.1 Å². The van der Waals surface area contributed by atoms with Crippen molar-refractivity contribution in [2.75, 3.05) is 11.1 Å². The third-order valence-corrected chi connectivity index (χ3v) is 2.76. The number of carbonyl (C=O) groups is 1. The minimum atomic E-state index is -0.921. The highest BCUT2D eigenvalue weighted by atomic mass is 19.1. The molecule has 0 saturated heterocycles. The Labute approximate surface area is 114 Å². The molecule has 7 heteroatoms. The molecule has 0 aliphatic rings. The number of nitrogens with one attached hydrogen (secondary N) is 1. The number of aromatic nitrogens is 2. The summed E-state index contributed by atoms with van der Waals surface area (Å²) in [5, 5.41) is 6.47. The van der Waals surface area contributed by atoms with Crippen molar-refractivity contribution < 1.29 is 13.6 Å². The number of nitrogens with zero attached hydrogens (tertiary/aromatic N) is 2. The van der Waals surface area contributed by atoms with Crippen LogP contribution in [-0.2, 0) is 6.54 Å². The van der Waals surface area contributed by atoms with E-state index in [0.29, 0.717) is 18.3 Å². The van der Waals surface area contributed by atoms with Crippen LogP contribution in [0.5, 0.6) is 0 Å². The molecule has 5 nitrogen and oxygen atoms in total. The molecular weight excluding hydrogens is 266 g/mol. The highest BCUT2D eigenvalue weighted by Gasteiger charge is 2.17. The van der Waals surface area contributed by atoms with Crippen molar-refractivity contribution in [2.45, 2.75) is 20.4 Å². The first-order chi connectivity index (χ1) is 9.42. The molecule has 1 aromatic heterocycles. The molecule has 0 unspecified atom stereocenters. The van der Waals surface area contributed by atoms with Crippen LogP contribution in [0.3, 0.4) is 0 Å². The fourth-order valence-electron chi connectivity index (χ4n) is 1.87. The number of hydrogen-bond acceptors (Lipinski definition) is 3. The molecule has 0 aliphatic carbocycles. The molecule has 0 fully saturated rings. The Morgan fingerprint density at radius 1 is 1.40 bits per heavy atom. The molecule has 20 heavy (non-hydrogen) atoms. The Balaban J connectivity index is 2.32. The molecule has 106 valence electrons. The van der Waals surface area contributed by atoms with Crippen molar-refractivity contribution >= 4 is 17.3 Å². The molecule has 2 aromatic rings. The Kier molecular flexibility index (Phi) is 3.69. The Morgan fingerprint density at radius 2 is 2.10 bits per heavy atom. The zero-order chi connectivity index (χ0) is 14.9. The molecule has 2 rings (SSSR count). The van der Waals surface area contributed by atoms with Gasteiger partial charge in [0, 0.05) is 12.6 Å². The Bertz CT molecular complexity index is 643. The number of rotatable bonds is 3. The summed E-state index contributed by atoms with van der Waals surface area (Å²) in [5.41, 5.74) is 6.05. The second kappa shape index (κ2) is 5.28. The van der Waals surface area contributed by atoms with E-state index in [1.165, 1.54) is 4.68 Å². The number of aryl methyl sites for hydroxylation is 2. The summed E-state index contributed by atoms with van der Waals surface area (Å²) in [7, 11) is 0. The van der Waals surface area contributed by atoms with Gasteiger partial charge in [-0.3, -0.25) is 9.48 Å². The highest BCUT2D eigenvalue weighted by molar-refractivity contribution is 6.04. The van der Waals surface area contributed by atoms with Crippen molar-refractivity contribution in [3.05, 3.63) is 41.2 Å². The summed E-state index contributed by atoms with van der Waals surface area (Å²) >= 11 is 0. The number of benzene rings is 1. The van der Waals surface area contributed by atoms with Crippen LogP contribution < -0.4 is 11.1 Å². The number of halogens is 2. The molecule has 3 N–H and O–H groups in total. The maximum atomic E-state index is 13.6. The van der Waals surface area contributed by atoms with Crippen LogP contribution in [0.25, 0.3) is 0 Å². The smallest absolute Gasteiger partial charge is 0.274 e. The fraction of sp³-hybridized carbons (Fsp3) is 0.231. The summed E-state index contributed by atoms with van der Waals surface area (Å²) in [5.74, 6) is -2.27. The molecule has 0 spiro atoms. The lowest BCUT2D eigenvalue weighted by atomic mass is 10.2. The molecule has 1 heterocycles. The Morgan fingerprint density at radius 3 is 2.70 bits per heavy atom. The van der Waals surface area contributed by atoms with E-state index in [9.17, 15) is 13.6 Å². The number of amides is 1. The van der Waals surface area contributed by atoms with Crippen molar-refractivity contribution in [1.82, 2.24) is 9.78 Å². The van der Waals surface area contributed by atoms with Crippen LogP contribution in [0, 0.1) is 18.6 Å². The highest BCUT2D eigenvalue weighted by Crippen LogP contribution is 2.24. The molecule has 0 bridgehead atoms. The summed E-state index contributed by atoms with van der Waals surface area (Å²) in [6.45, 7) is 4.07. The minimum Gasteiger partial charge on any atom is -0.397 e. The van der Waals surface area contributed by atoms with Gasteiger partial charge in [0.1, 0.15) is 17.2 Å². The van der Waals surface area contributed by atoms with Crippen molar-refractivity contribution in [3.63, 3.8) is 0 Å². The number of anilines is 2. The van der Waals surface area contributed by atoms with E-state index in [2.05, 4.69) is 10.4 Å². The average molecular weight is 280 g/mol. The number of carbonyl (C=O) groups excluding carboxylic acids is 1. The van der Waals surface area contributed by atoms with E-state index < -0.39 is 17.5 Å². The van der Waals surface area contributed by atoms with Gasteiger partial charge in [0.2, 0.25) is 0 Å². The normalized spacial score (nSPS) is 10.6. The van der Waals surface area contributed by atoms with Crippen LogP contribution in [0.4, 0.5) is 20.2 Å². The number of nitrogens with two attached hydrogens (primary N) is 1. The van der Waals surface area contributed by atoms with Gasteiger partial charge in [-0.05, 0) is 26.0 Å². The summed E-state index contributed by atoms with van der Waals surface area (Å²) in [6, 6.07) is 3.19. The van der Waals surface area contributed by atoms with Crippen LogP contribution in [-0.4, -0.2) is 15.7 Å². The van der Waals surface area contributed by atoms with E-state index in [1.807, 2.05) is 6.92 Å². The topological polar surface area (TPSA) is 72.9 Å². The molecule has 0 atom stereocenters. The van der Waals surface area contributed by atoms with Gasteiger partial charge in [-0.1, -0.05) is 0 Å². The molecule has 0 radical (unpaired) electrons. The van der Waals surface area contributed by atoms with Crippen molar-refractivity contribution in [2.24, 2.45) is 0 Å². The molecule has 1 aromatic carbocycles. The quantitative estimate of drug-likeness (QED) is 0.847. The predicted molar refractivity (Wildman–Crippen MR) is 71.4 cm³/mol. The monoisotopic (exact) mass is 280 g/mol. The van der Waals surface area contributed by atoms with E-state index in [0.717, 1.165) is 6.07 Å². The van der Waals surface area contributed by atoms with E-state index >= 15 is 0 Å². The predicted octanol–water partition coefficient (Wildman–Crippen LogP) is 2.32. The van der Waals surface area contributed by atoms with Crippen LogP contribution in [0.15, 0.2) is 18.2 Å². The van der Waals surface area contributed by atoms with Crippen LogP contribution in [0.1, 0.15) is 23.1 Å². The second-order valence-corrected chi connectivity index (χ2v) is 4.29. The first-order valence-electron chi connectivity index (χ1n) is 6.02. The van der Waals surface area contributed by atoms with E-state index in [4.69, 9.17) is 5.73 Å². The van der Waals surface area contributed by atoms with Crippen LogP contribution >= 0.6 is 0 Å². The van der Waals surface area contributed by atoms with Gasteiger partial charge in [-0.25, -0.2) is 8.78 Å². The standard InChI is InChI=1S/C13H14F2N4O/c1-3-19-11(4-7(2)18-19)13(20)17-12-9(15)5-8(14)6-10(12)16/h4-6H,3,16H2,1-2H3,(H,17,20). The lowest BCUT2D eigenvalue weighted by Gasteiger charge is -2.10. The molecule has 0 saturated carbocycles. The third-order valence-electron chi connectivity index (χ3n) is 2.76. The largest absolute Gasteiger partial charge is 0.397 e. The lowest BCUT2D eigenvalue weighted by molar-refractivity contribution is 0.101. The average Bonchev–Trinajstić information content (AvgIpc) is 2.75. The number of nitrogen functional groups attached to an aromatic ring is 1. The van der Waals surface area contributed by atoms with Gasteiger partial charge >= 0.3 is 0 Å². The molecule has 1 amide bonds. The molecular formula is C13H14F2N4O. The van der Waals surface area contributed by atoms with Gasteiger partial charge in [-0.2, -0.15) is 5.10 Å². The third kappa shape index (κ3) is 2.61. The number of hydrogen-bond donors (Lipinski definition) is 2. The fourth-order valence-corrected chi connectivity index (χ4v) is 1.87. The van der Waals surface area contributed by atoms with Gasteiger partial charge in [0.25, 0.3) is 5.91 Å². The lowest BCUT2D eigenvalue weighted by Crippen LogP contribution is -2.19.